The van der Waals surface area contributed by atoms with Crippen LogP contribution in [0, 0.1) is 0 Å². The van der Waals surface area contributed by atoms with E-state index in [0.29, 0.717) is 18.1 Å². The Hall–Kier alpha value is -1.75. The minimum Gasteiger partial charge on any atom is -0.350 e. The van der Waals surface area contributed by atoms with Gasteiger partial charge in [0, 0.05) is 23.5 Å². The van der Waals surface area contributed by atoms with Gasteiger partial charge in [-0.1, -0.05) is 19.9 Å². The predicted octanol–water partition coefficient (Wildman–Crippen LogP) is 2.63. The number of amides is 1. The minimum atomic E-state index is -0.138. The van der Waals surface area contributed by atoms with Crippen LogP contribution in [-0.2, 0) is 6.42 Å². The van der Waals surface area contributed by atoms with Crippen molar-refractivity contribution in [3.63, 3.8) is 0 Å². The van der Waals surface area contributed by atoms with E-state index in [2.05, 4.69) is 21.4 Å². The quantitative estimate of drug-likeness (QED) is 0.912. The summed E-state index contributed by atoms with van der Waals surface area (Å²) in [5.74, 6) is 0.783. The van der Waals surface area contributed by atoms with Gasteiger partial charge in [0.25, 0.3) is 5.91 Å². The highest BCUT2D eigenvalue weighted by Gasteiger charge is 2.10. The molecular formula is C14H17N3OS. The Balaban J connectivity index is 1.90. The number of carbonyl (C=O) groups is 1. The fraction of sp³-hybridized carbons (Fsp3) is 0.357. The molecule has 0 fully saturated rings. The lowest BCUT2D eigenvalue weighted by atomic mass is 10.2. The maximum atomic E-state index is 11.9. The summed E-state index contributed by atoms with van der Waals surface area (Å²) in [5, 5.41) is 4.92. The molecule has 0 spiro atoms. The molecule has 2 aromatic rings. The molecule has 1 N–H and O–H groups in total. The second-order valence-corrected chi connectivity index (χ2v) is 5.57. The van der Waals surface area contributed by atoms with Gasteiger partial charge < -0.3 is 5.32 Å². The summed E-state index contributed by atoms with van der Waals surface area (Å²) in [6.45, 7) is 4.64. The molecule has 0 saturated carbocycles. The molecule has 2 heterocycles. The first kappa shape index (κ1) is 13.7. The Morgan fingerprint density at radius 2 is 2.26 bits per heavy atom. The summed E-state index contributed by atoms with van der Waals surface area (Å²) in [5.41, 5.74) is 0.435. The lowest BCUT2D eigenvalue weighted by Crippen LogP contribution is -2.26. The Labute approximate surface area is 116 Å². The van der Waals surface area contributed by atoms with Gasteiger partial charge in [0.05, 0.1) is 0 Å². The van der Waals surface area contributed by atoms with Crippen LogP contribution in [0.15, 0.2) is 29.8 Å². The normalized spacial score (nSPS) is 10.7. The third-order valence-corrected chi connectivity index (χ3v) is 3.60. The van der Waals surface area contributed by atoms with Crippen LogP contribution in [0.1, 0.15) is 41.0 Å². The SMILES string of the molecule is CC(C)c1nccc(C(=O)NCCc2cccs2)n1. The van der Waals surface area contributed by atoms with E-state index in [-0.39, 0.29) is 11.8 Å². The van der Waals surface area contributed by atoms with Crippen molar-refractivity contribution in [1.82, 2.24) is 15.3 Å². The average molecular weight is 275 g/mol. The number of rotatable bonds is 5. The Bertz CT molecular complexity index is 537. The molecule has 4 nitrogen and oxygen atoms in total. The zero-order valence-corrected chi connectivity index (χ0v) is 11.9. The van der Waals surface area contributed by atoms with E-state index in [1.54, 1.807) is 23.6 Å². The van der Waals surface area contributed by atoms with Crippen LogP contribution in [0.4, 0.5) is 0 Å². The number of hydrogen-bond donors (Lipinski definition) is 1. The highest BCUT2D eigenvalue weighted by atomic mass is 32.1. The predicted molar refractivity (Wildman–Crippen MR) is 76.5 cm³/mol. The first-order valence-electron chi connectivity index (χ1n) is 6.30. The molecule has 0 aliphatic carbocycles. The number of aromatic nitrogens is 2. The molecule has 0 radical (unpaired) electrons. The van der Waals surface area contributed by atoms with Gasteiger partial charge in [-0.25, -0.2) is 9.97 Å². The van der Waals surface area contributed by atoms with E-state index in [1.807, 2.05) is 25.3 Å². The summed E-state index contributed by atoms with van der Waals surface area (Å²) in [4.78, 5) is 21.6. The molecule has 0 bridgehead atoms. The molecule has 2 aromatic heterocycles. The van der Waals surface area contributed by atoms with Gasteiger partial charge in [0.15, 0.2) is 0 Å². The molecule has 0 saturated heterocycles. The van der Waals surface area contributed by atoms with Crippen molar-refractivity contribution >= 4 is 17.2 Å². The van der Waals surface area contributed by atoms with Gasteiger partial charge in [-0.2, -0.15) is 0 Å². The number of thiophene rings is 1. The van der Waals surface area contributed by atoms with Crippen LogP contribution in [0.5, 0.6) is 0 Å². The maximum Gasteiger partial charge on any atom is 0.270 e. The largest absolute Gasteiger partial charge is 0.350 e. The van der Waals surface area contributed by atoms with E-state index in [1.165, 1.54) is 4.88 Å². The summed E-state index contributed by atoms with van der Waals surface area (Å²) < 4.78 is 0. The highest BCUT2D eigenvalue weighted by Crippen LogP contribution is 2.09. The van der Waals surface area contributed by atoms with Crippen molar-refractivity contribution in [3.05, 3.63) is 46.2 Å². The first-order chi connectivity index (χ1) is 9.16. The van der Waals surface area contributed by atoms with E-state index < -0.39 is 0 Å². The number of hydrogen-bond acceptors (Lipinski definition) is 4. The van der Waals surface area contributed by atoms with Gasteiger partial charge in [-0.3, -0.25) is 4.79 Å². The molecular weight excluding hydrogens is 258 g/mol. The van der Waals surface area contributed by atoms with Crippen molar-refractivity contribution in [2.45, 2.75) is 26.2 Å². The molecule has 5 heteroatoms. The van der Waals surface area contributed by atoms with Gasteiger partial charge >= 0.3 is 0 Å². The van der Waals surface area contributed by atoms with E-state index >= 15 is 0 Å². The number of nitrogens with one attached hydrogen (secondary N) is 1. The second kappa shape index (κ2) is 6.43. The van der Waals surface area contributed by atoms with E-state index in [9.17, 15) is 4.79 Å². The van der Waals surface area contributed by atoms with Gasteiger partial charge in [-0.05, 0) is 23.9 Å². The van der Waals surface area contributed by atoms with Crippen LogP contribution >= 0.6 is 11.3 Å². The highest BCUT2D eigenvalue weighted by molar-refractivity contribution is 7.09. The monoisotopic (exact) mass is 275 g/mol. The smallest absolute Gasteiger partial charge is 0.270 e. The standard InChI is InChI=1S/C14H17N3OS/c1-10(2)13-15-8-6-12(17-13)14(18)16-7-5-11-4-3-9-19-11/h3-4,6,8-10H,5,7H2,1-2H3,(H,16,18). The molecule has 0 aliphatic heterocycles. The topological polar surface area (TPSA) is 54.9 Å². The molecule has 2 rings (SSSR count). The van der Waals surface area contributed by atoms with Crippen molar-refractivity contribution < 1.29 is 4.79 Å². The lowest BCUT2D eigenvalue weighted by Gasteiger charge is -2.06. The van der Waals surface area contributed by atoms with E-state index in [4.69, 9.17) is 0 Å². The fourth-order valence-corrected chi connectivity index (χ4v) is 2.33. The van der Waals surface area contributed by atoms with Crippen LogP contribution in [-0.4, -0.2) is 22.4 Å². The Morgan fingerprint density at radius 3 is 2.95 bits per heavy atom. The van der Waals surface area contributed by atoms with Crippen LogP contribution in [0.2, 0.25) is 0 Å². The molecule has 100 valence electrons. The van der Waals surface area contributed by atoms with Gasteiger partial charge in [0.2, 0.25) is 0 Å². The van der Waals surface area contributed by atoms with Crippen LogP contribution < -0.4 is 5.32 Å². The molecule has 1 amide bonds. The second-order valence-electron chi connectivity index (χ2n) is 4.54. The zero-order chi connectivity index (χ0) is 13.7. The molecule has 0 unspecified atom stereocenters. The number of nitrogens with zero attached hydrogens (tertiary/aromatic N) is 2. The molecule has 0 aromatic carbocycles. The number of carbonyl (C=O) groups excluding carboxylic acids is 1. The fourth-order valence-electron chi connectivity index (χ4n) is 1.62. The molecule has 0 atom stereocenters. The van der Waals surface area contributed by atoms with Crippen molar-refractivity contribution in [2.75, 3.05) is 6.54 Å². The van der Waals surface area contributed by atoms with Gasteiger partial charge in [-0.15, -0.1) is 11.3 Å². The zero-order valence-electron chi connectivity index (χ0n) is 11.1. The third kappa shape index (κ3) is 3.86. The molecule has 19 heavy (non-hydrogen) atoms. The van der Waals surface area contributed by atoms with E-state index in [0.717, 1.165) is 6.42 Å². The van der Waals surface area contributed by atoms with Crippen molar-refractivity contribution in [3.8, 4) is 0 Å². The van der Waals surface area contributed by atoms with Crippen molar-refractivity contribution in [1.29, 1.82) is 0 Å². The summed E-state index contributed by atoms with van der Waals surface area (Å²) in [6, 6.07) is 5.73. The third-order valence-electron chi connectivity index (χ3n) is 2.66. The first-order valence-corrected chi connectivity index (χ1v) is 7.18. The minimum absolute atomic E-state index is 0.138. The van der Waals surface area contributed by atoms with Gasteiger partial charge in [0.1, 0.15) is 11.5 Å². The average Bonchev–Trinajstić information content (AvgIpc) is 2.92. The summed E-state index contributed by atoms with van der Waals surface area (Å²) in [6.07, 6.45) is 2.49. The Kier molecular flexibility index (Phi) is 4.63. The van der Waals surface area contributed by atoms with Crippen LogP contribution in [0.3, 0.4) is 0 Å². The summed E-state index contributed by atoms with van der Waals surface area (Å²) >= 11 is 1.70. The summed E-state index contributed by atoms with van der Waals surface area (Å²) in [7, 11) is 0. The molecule has 0 aliphatic rings. The van der Waals surface area contributed by atoms with Crippen molar-refractivity contribution in [2.24, 2.45) is 0 Å². The maximum absolute atomic E-state index is 11.9. The Morgan fingerprint density at radius 1 is 1.42 bits per heavy atom. The van der Waals surface area contributed by atoms with Crippen LogP contribution in [0.25, 0.3) is 0 Å². The lowest BCUT2D eigenvalue weighted by molar-refractivity contribution is 0.0948.